The van der Waals surface area contributed by atoms with Crippen LogP contribution in [0.2, 0.25) is 0 Å². The van der Waals surface area contributed by atoms with Crippen LogP contribution >= 0.6 is 0 Å². The number of nitrogens with zero attached hydrogens (tertiary/aromatic N) is 1. The lowest BCUT2D eigenvalue weighted by Crippen LogP contribution is -2.03. The molecule has 1 heterocycles. The maximum atomic E-state index is 13.3. The molecule has 0 amide bonds. The minimum atomic E-state index is -1.03. The molecule has 4 heteroatoms. The van der Waals surface area contributed by atoms with Crippen molar-refractivity contribution >= 4 is 5.97 Å². The lowest BCUT2D eigenvalue weighted by Gasteiger charge is -2.04. The lowest BCUT2D eigenvalue weighted by molar-refractivity contribution is -0.136. The molecule has 0 saturated carbocycles. The summed E-state index contributed by atoms with van der Waals surface area (Å²) < 4.78 is 13.3. The fourth-order valence-corrected chi connectivity index (χ4v) is 1.59. The molecule has 2 aromatic rings. The van der Waals surface area contributed by atoms with Crippen LogP contribution in [0, 0.1) is 5.95 Å². The Balaban J connectivity index is 2.42. The summed E-state index contributed by atoms with van der Waals surface area (Å²) in [5.41, 5.74) is 1.69. The summed E-state index contributed by atoms with van der Waals surface area (Å²) in [5, 5.41) is 8.66. The van der Waals surface area contributed by atoms with E-state index < -0.39 is 11.9 Å². The van der Waals surface area contributed by atoms with Crippen molar-refractivity contribution in [2.24, 2.45) is 0 Å². The highest BCUT2D eigenvalue weighted by Crippen LogP contribution is 2.20. The van der Waals surface area contributed by atoms with Crippen molar-refractivity contribution in [3.63, 3.8) is 0 Å². The van der Waals surface area contributed by atoms with Crippen LogP contribution < -0.4 is 0 Å². The van der Waals surface area contributed by atoms with E-state index in [2.05, 4.69) is 4.98 Å². The van der Waals surface area contributed by atoms with Crippen LogP contribution in [0.5, 0.6) is 0 Å². The third kappa shape index (κ3) is 2.87. The van der Waals surface area contributed by atoms with Gasteiger partial charge in [-0.2, -0.15) is 4.39 Å². The van der Waals surface area contributed by atoms with Gasteiger partial charge < -0.3 is 5.11 Å². The molecular formula is C13H10FNO2. The van der Waals surface area contributed by atoms with Crippen LogP contribution in [0.15, 0.2) is 42.5 Å². The van der Waals surface area contributed by atoms with E-state index in [1.807, 2.05) is 30.3 Å². The minimum Gasteiger partial charge on any atom is -0.481 e. The zero-order chi connectivity index (χ0) is 12.3. The van der Waals surface area contributed by atoms with Crippen LogP contribution in [0.1, 0.15) is 5.69 Å². The summed E-state index contributed by atoms with van der Waals surface area (Å²) in [6.07, 6.45) is -0.280. The Morgan fingerprint density at radius 3 is 2.53 bits per heavy atom. The highest BCUT2D eigenvalue weighted by molar-refractivity contribution is 5.71. The van der Waals surface area contributed by atoms with E-state index in [0.29, 0.717) is 5.56 Å². The maximum absolute atomic E-state index is 13.3. The molecule has 0 aliphatic rings. The highest BCUT2D eigenvalue weighted by Gasteiger charge is 2.07. The van der Waals surface area contributed by atoms with E-state index in [0.717, 1.165) is 5.56 Å². The predicted molar refractivity (Wildman–Crippen MR) is 61.0 cm³/mol. The van der Waals surface area contributed by atoms with Gasteiger partial charge in [0, 0.05) is 6.07 Å². The first kappa shape index (κ1) is 11.3. The van der Waals surface area contributed by atoms with Crippen molar-refractivity contribution in [2.45, 2.75) is 6.42 Å². The zero-order valence-electron chi connectivity index (χ0n) is 8.93. The Morgan fingerprint density at radius 1 is 1.18 bits per heavy atom. The Morgan fingerprint density at radius 2 is 1.88 bits per heavy atom. The average molecular weight is 231 g/mol. The number of aromatic nitrogens is 1. The van der Waals surface area contributed by atoms with E-state index in [9.17, 15) is 9.18 Å². The molecule has 1 N–H and O–H groups in total. The molecule has 2 rings (SSSR count). The van der Waals surface area contributed by atoms with E-state index in [4.69, 9.17) is 5.11 Å². The summed E-state index contributed by atoms with van der Waals surface area (Å²) in [7, 11) is 0. The van der Waals surface area contributed by atoms with Crippen molar-refractivity contribution in [3.05, 3.63) is 54.1 Å². The molecule has 0 spiro atoms. The summed E-state index contributed by atoms with van der Waals surface area (Å²) in [4.78, 5) is 14.1. The van der Waals surface area contributed by atoms with Crippen molar-refractivity contribution in [2.75, 3.05) is 0 Å². The van der Waals surface area contributed by atoms with Crippen LogP contribution in [0.4, 0.5) is 4.39 Å². The number of benzene rings is 1. The molecule has 0 aliphatic heterocycles. The van der Waals surface area contributed by atoms with Gasteiger partial charge in [-0.25, -0.2) is 4.98 Å². The second-order valence-corrected chi connectivity index (χ2v) is 3.61. The topological polar surface area (TPSA) is 50.2 Å². The molecule has 0 atom stereocenters. The first-order valence-electron chi connectivity index (χ1n) is 5.09. The van der Waals surface area contributed by atoms with Crippen LogP contribution in [-0.4, -0.2) is 16.1 Å². The van der Waals surface area contributed by atoms with Gasteiger partial charge in [-0.05, 0) is 17.2 Å². The first-order valence-corrected chi connectivity index (χ1v) is 5.09. The second-order valence-electron chi connectivity index (χ2n) is 3.61. The Labute approximate surface area is 97.6 Å². The van der Waals surface area contributed by atoms with Gasteiger partial charge in [0.15, 0.2) is 0 Å². The van der Waals surface area contributed by atoms with Crippen LogP contribution in [-0.2, 0) is 11.2 Å². The summed E-state index contributed by atoms with van der Waals surface area (Å²) in [6, 6.07) is 12.1. The monoisotopic (exact) mass is 231 g/mol. The second kappa shape index (κ2) is 4.74. The van der Waals surface area contributed by atoms with Gasteiger partial charge in [0.05, 0.1) is 12.1 Å². The van der Waals surface area contributed by atoms with Gasteiger partial charge in [0.1, 0.15) is 0 Å². The number of hydrogen-bond acceptors (Lipinski definition) is 2. The number of rotatable bonds is 3. The minimum absolute atomic E-state index is 0.219. The molecule has 0 unspecified atom stereocenters. The average Bonchev–Trinajstić information content (AvgIpc) is 2.28. The number of carboxylic acid groups (broad SMARTS) is 1. The number of pyridine rings is 1. The molecule has 0 aliphatic carbocycles. The quantitative estimate of drug-likeness (QED) is 0.826. The predicted octanol–water partition coefficient (Wildman–Crippen LogP) is 2.51. The SMILES string of the molecule is O=C(O)Cc1cc(-c2ccccc2)cc(F)n1. The molecule has 0 radical (unpaired) electrons. The molecule has 86 valence electrons. The van der Waals surface area contributed by atoms with Crippen molar-refractivity contribution in [1.29, 1.82) is 0 Å². The van der Waals surface area contributed by atoms with Crippen LogP contribution in [0.25, 0.3) is 11.1 Å². The number of aliphatic carboxylic acids is 1. The van der Waals surface area contributed by atoms with E-state index in [1.54, 1.807) is 6.07 Å². The lowest BCUT2D eigenvalue weighted by atomic mass is 10.1. The molecule has 0 fully saturated rings. The van der Waals surface area contributed by atoms with Gasteiger partial charge in [-0.1, -0.05) is 30.3 Å². The number of carboxylic acids is 1. The Hall–Kier alpha value is -2.23. The van der Waals surface area contributed by atoms with Gasteiger partial charge in [-0.3, -0.25) is 4.79 Å². The van der Waals surface area contributed by atoms with Gasteiger partial charge >= 0.3 is 5.97 Å². The Bertz CT molecular complexity index is 540. The molecule has 1 aromatic carbocycles. The normalized spacial score (nSPS) is 10.2. The third-order valence-corrected chi connectivity index (χ3v) is 2.29. The number of hydrogen-bond donors (Lipinski definition) is 1. The molecule has 3 nitrogen and oxygen atoms in total. The van der Waals surface area contributed by atoms with Crippen molar-refractivity contribution in [3.8, 4) is 11.1 Å². The summed E-state index contributed by atoms with van der Waals surface area (Å²) in [5.74, 6) is -1.69. The molecule has 17 heavy (non-hydrogen) atoms. The maximum Gasteiger partial charge on any atom is 0.309 e. The van der Waals surface area contributed by atoms with Gasteiger partial charge in [0.25, 0.3) is 0 Å². The smallest absolute Gasteiger partial charge is 0.309 e. The van der Waals surface area contributed by atoms with Gasteiger partial charge in [0.2, 0.25) is 5.95 Å². The highest BCUT2D eigenvalue weighted by atomic mass is 19.1. The first-order chi connectivity index (χ1) is 8.15. The molecule has 0 saturated heterocycles. The van der Waals surface area contributed by atoms with Crippen molar-refractivity contribution < 1.29 is 14.3 Å². The number of halogens is 1. The van der Waals surface area contributed by atoms with Gasteiger partial charge in [-0.15, -0.1) is 0 Å². The van der Waals surface area contributed by atoms with Crippen molar-refractivity contribution in [1.82, 2.24) is 4.98 Å². The Kier molecular flexibility index (Phi) is 3.14. The van der Waals surface area contributed by atoms with Crippen LogP contribution in [0.3, 0.4) is 0 Å². The molecular weight excluding hydrogens is 221 g/mol. The fraction of sp³-hybridized carbons (Fsp3) is 0.0769. The zero-order valence-corrected chi connectivity index (χ0v) is 8.93. The fourth-order valence-electron chi connectivity index (χ4n) is 1.59. The summed E-state index contributed by atoms with van der Waals surface area (Å²) in [6.45, 7) is 0. The van der Waals surface area contributed by atoms with E-state index in [1.165, 1.54) is 6.07 Å². The molecule has 1 aromatic heterocycles. The van der Waals surface area contributed by atoms with E-state index in [-0.39, 0.29) is 12.1 Å². The third-order valence-electron chi connectivity index (χ3n) is 2.29. The standard InChI is InChI=1S/C13H10FNO2/c14-12-7-10(9-4-2-1-3-5-9)6-11(15-12)8-13(16)17/h1-7H,8H2,(H,16,17). The summed E-state index contributed by atoms with van der Waals surface area (Å²) >= 11 is 0. The number of carbonyl (C=O) groups is 1. The van der Waals surface area contributed by atoms with E-state index >= 15 is 0 Å². The largest absolute Gasteiger partial charge is 0.481 e. The molecule has 0 bridgehead atoms.